The van der Waals surface area contributed by atoms with Gasteiger partial charge in [0.05, 0.1) is 0 Å². The molecule has 0 aromatic carbocycles. The van der Waals surface area contributed by atoms with Crippen LogP contribution >= 0.6 is 24.8 Å². The maximum absolute atomic E-state index is 6.01. The van der Waals surface area contributed by atoms with Crippen LogP contribution in [0.4, 0.5) is 0 Å². The van der Waals surface area contributed by atoms with Gasteiger partial charge in [0.15, 0.2) is 0 Å². The van der Waals surface area contributed by atoms with Gasteiger partial charge in [-0.1, -0.05) is 0 Å². The Labute approximate surface area is 80.1 Å². The number of nitrogens with two attached hydrogens (primary N) is 1. The van der Waals surface area contributed by atoms with E-state index in [-0.39, 0.29) is 30.4 Å². The highest BCUT2D eigenvalue weighted by atomic mass is 35.5. The maximum atomic E-state index is 6.01. The molecule has 2 nitrogen and oxygen atoms in total. The van der Waals surface area contributed by atoms with Crippen LogP contribution in [0.1, 0.15) is 19.3 Å². The lowest BCUT2D eigenvalue weighted by molar-refractivity contribution is 0.439. The Bertz CT molecular complexity index is 120. The molecule has 2 fully saturated rings. The topological polar surface area (TPSA) is 38.0 Å². The average molecular weight is 199 g/mol. The summed E-state index contributed by atoms with van der Waals surface area (Å²) in [6.45, 7) is 2.35. The molecule has 0 aromatic heterocycles. The van der Waals surface area contributed by atoms with Crippen LogP contribution in [0.5, 0.6) is 0 Å². The molecule has 0 amide bonds. The number of halogens is 2. The van der Waals surface area contributed by atoms with Crippen LogP contribution in [0.2, 0.25) is 0 Å². The molecule has 1 aliphatic heterocycles. The minimum atomic E-state index is 0. The van der Waals surface area contributed by atoms with Crippen LogP contribution in [0, 0.1) is 5.92 Å². The Morgan fingerprint density at radius 1 is 1.27 bits per heavy atom. The second-order valence-corrected chi connectivity index (χ2v) is 3.42. The van der Waals surface area contributed by atoms with Crippen molar-refractivity contribution in [2.45, 2.75) is 24.8 Å². The van der Waals surface area contributed by atoms with Crippen LogP contribution in [0.3, 0.4) is 0 Å². The van der Waals surface area contributed by atoms with E-state index in [4.69, 9.17) is 5.73 Å². The van der Waals surface area contributed by atoms with Crippen molar-refractivity contribution in [1.29, 1.82) is 0 Å². The van der Waals surface area contributed by atoms with Crippen molar-refractivity contribution >= 4 is 24.8 Å². The highest BCUT2D eigenvalue weighted by Crippen LogP contribution is 2.41. The summed E-state index contributed by atoms with van der Waals surface area (Å²) in [5, 5.41) is 3.34. The van der Waals surface area contributed by atoms with Crippen molar-refractivity contribution in [3.05, 3.63) is 0 Å². The van der Waals surface area contributed by atoms with Gasteiger partial charge in [-0.3, -0.25) is 0 Å². The number of hydrogen-bond acceptors (Lipinski definition) is 2. The minimum absolute atomic E-state index is 0. The second-order valence-electron chi connectivity index (χ2n) is 3.42. The molecule has 3 N–H and O–H groups in total. The fourth-order valence-corrected chi connectivity index (χ4v) is 1.70. The van der Waals surface area contributed by atoms with E-state index in [0.29, 0.717) is 0 Å². The molecule has 1 aliphatic carbocycles. The summed E-state index contributed by atoms with van der Waals surface area (Å²) in [6, 6.07) is 0. The number of nitrogens with one attached hydrogen (secondary N) is 1. The molecular formula is C7H16Cl2N2. The van der Waals surface area contributed by atoms with Gasteiger partial charge in [-0.05, 0) is 38.3 Å². The summed E-state index contributed by atoms with van der Waals surface area (Å²) in [5.41, 5.74) is 6.28. The summed E-state index contributed by atoms with van der Waals surface area (Å²) >= 11 is 0. The van der Waals surface area contributed by atoms with Gasteiger partial charge in [-0.2, -0.15) is 0 Å². The van der Waals surface area contributed by atoms with Crippen molar-refractivity contribution in [2.75, 3.05) is 13.1 Å². The first kappa shape index (κ1) is 11.5. The molecule has 4 heteroatoms. The third-order valence-corrected chi connectivity index (χ3v) is 2.70. The molecule has 2 rings (SSSR count). The van der Waals surface area contributed by atoms with Gasteiger partial charge >= 0.3 is 0 Å². The SMILES string of the molecule is Cl.Cl.NC1(C2CCNC2)CC1. The average Bonchev–Trinajstić information content (AvgIpc) is 2.46. The fourth-order valence-electron chi connectivity index (χ4n) is 1.70. The zero-order valence-electron chi connectivity index (χ0n) is 6.51. The van der Waals surface area contributed by atoms with Gasteiger partial charge in [0, 0.05) is 5.54 Å². The molecule has 11 heavy (non-hydrogen) atoms. The molecule has 0 radical (unpaired) electrons. The number of rotatable bonds is 1. The van der Waals surface area contributed by atoms with Crippen LogP contribution in [0.15, 0.2) is 0 Å². The maximum Gasteiger partial charge on any atom is 0.0196 e. The third-order valence-electron chi connectivity index (χ3n) is 2.70. The fraction of sp³-hybridized carbons (Fsp3) is 1.00. The first-order chi connectivity index (χ1) is 4.31. The Morgan fingerprint density at radius 3 is 2.27 bits per heavy atom. The van der Waals surface area contributed by atoms with Crippen molar-refractivity contribution in [2.24, 2.45) is 11.7 Å². The highest BCUT2D eigenvalue weighted by molar-refractivity contribution is 5.85. The molecule has 1 unspecified atom stereocenters. The lowest BCUT2D eigenvalue weighted by Gasteiger charge is -2.15. The van der Waals surface area contributed by atoms with Gasteiger partial charge in [-0.25, -0.2) is 0 Å². The lowest BCUT2D eigenvalue weighted by Crippen LogP contribution is -2.33. The van der Waals surface area contributed by atoms with Crippen molar-refractivity contribution in [3.8, 4) is 0 Å². The molecule has 1 saturated carbocycles. The molecule has 0 spiro atoms. The Hall–Kier alpha value is 0.500. The second kappa shape index (κ2) is 3.94. The summed E-state index contributed by atoms with van der Waals surface area (Å²) < 4.78 is 0. The van der Waals surface area contributed by atoms with Gasteiger partial charge < -0.3 is 11.1 Å². The molecule has 68 valence electrons. The molecule has 1 atom stereocenters. The Kier molecular flexibility index (Phi) is 4.12. The largest absolute Gasteiger partial charge is 0.325 e. The van der Waals surface area contributed by atoms with E-state index in [1.807, 2.05) is 0 Å². The summed E-state index contributed by atoms with van der Waals surface area (Å²) in [5.74, 6) is 0.789. The van der Waals surface area contributed by atoms with E-state index in [1.54, 1.807) is 0 Å². The van der Waals surface area contributed by atoms with Gasteiger partial charge in [0.2, 0.25) is 0 Å². The molecule has 1 saturated heterocycles. The Morgan fingerprint density at radius 2 is 1.91 bits per heavy atom. The van der Waals surface area contributed by atoms with Crippen LogP contribution < -0.4 is 11.1 Å². The van der Waals surface area contributed by atoms with E-state index in [0.717, 1.165) is 12.5 Å². The molecule has 1 heterocycles. The van der Waals surface area contributed by atoms with Crippen LogP contribution in [-0.2, 0) is 0 Å². The number of hydrogen-bond donors (Lipinski definition) is 2. The zero-order valence-corrected chi connectivity index (χ0v) is 8.14. The molecule has 0 bridgehead atoms. The monoisotopic (exact) mass is 198 g/mol. The predicted octanol–water partition coefficient (Wildman–Crippen LogP) is 0.931. The molecule has 2 aliphatic rings. The quantitative estimate of drug-likeness (QED) is 0.659. The van der Waals surface area contributed by atoms with Crippen molar-refractivity contribution in [1.82, 2.24) is 5.32 Å². The lowest BCUT2D eigenvalue weighted by atomic mass is 9.98. The third kappa shape index (κ3) is 2.22. The smallest absolute Gasteiger partial charge is 0.0196 e. The van der Waals surface area contributed by atoms with E-state index >= 15 is 0 Å². The van der Waals surface area contributed by atoms with Crippen molar-refractivity contribution in [3.63, 3.8) is 0 Å². The zero-order chi connectivity index (χ0) is 6.32. The molecule has 0 aromatic rings. The minimum Gasteiger partial charge on any atom is -0.325 e. The standard InChI is InChI=1S/C7H14N2.2ClH/c8-7(2-3-7)6-1-4-9-5-6;;/h6,9H,1-5,8H2;2*1H. The van der Waals surface area contributed by atoms with Crippen LogP contribution in [-0.4, -0.2) is 18.6 Å². The first-order valence-electron chi connectivity index (χ1n) is 3.81. The van der Waals surface area contributed by atoms with Crippen molar-refractivity contribution < 1.29 is 0 Å². The van der Waals surface area contributed by atoms with E-state index < -0.39 is 0 Å². The predicted molar refractivity (Wildman–Crippen MR) is 51.6 cm³/mol. The molecular weight excluding hydrogens is 183 g/mol. The summed E-state index contributed by atoms with van der Waals surface area (Å²) in [7, 11) is 0. The van der Waals surface area contributed by atoms with E-state index in [9.17, 15) is 0 Å². The van der Waals surface area contributed by atoms with E-state index in [2.05, 4.69) is 5.32 Å². The Balaban J connectivity index is 0.000000500. The van der Waals surface area contributed by atoms with E-state index in [1.165, 1.54) is 25.8 Å². The summed E-state index contributed by atoms with van der Waals surface area (Å²) in [4.78, 5) is 0. The van der Waals surface area contributed by atoms with Gasteiger partial charge in [0.25, 0.3) is 0 Å². The normalized spacial score (nSPS) is 31.9. The van der Waals surface area contributed by atoms with Gasteiger partial charge in [0.1, 0.15) is 0 Å². The highest BCUT2D eigenvalue weighted by Gasteiger charge is 2.46. The van der Waals surface area contributed by atoms with Crippen LogP contribution in [0.25, 0.3) is 0 Å². The summed E-state index contributed by atoms with van der Waals surface area (Å²) in [6.07, 6.45) is 3.83. The van der Waals surface area contributed by atoms with Gasteiger partial charge in [-0.15, -0.1) is 24.8 Å². The first-order valence-corrected chi connectivity index (χ1v) is 3.81.